The molecule has 2 saturated carbocycles. The number of esters is 1. The predicted octanol–water partition coefficient (Wildman–Crippen LogP) is 2.03. The van der Waals surface area contributed by atoms with Crippen LogP contribution in [0.25, 0.3) is 0 Å². The molecule has 0 unspecified atom stereocenters. The molecule has 1 saturated heterocycles. The molecule has 4 rings (SSSR count). The number of rotatable bonds is 4. The minimum Gasteiger partial charge on any atom is -0.458 e. The Labute approximate surface area is 171 Å². The van der Waals surface area contributed by atoms with Crippen molar-refractivity contribution in [1.82, 2.24) is 0 Å². The molecule has 7 atom stereocenters. The number of hydrogen-bond donors (Lipinski definition) is 2. The van der Waals surface area contributed by atoms with Gasteiger partial charge in [0.15, 0.2) is 0 Å². The molecule has 29 heavy (non-hydrogen) atoms. The summed E-state index contributed by atoms with van der Waals surface area (Å²) < 4.78 is 47.7. The van der Waals surface area contributed by atoms with Crippen LogP contribution in [0.1, 0.15) is 52.9 Å². The highest BCUT2D eigenvalue weighted by Gasteiger charge is 2.65. The Kier molecular flexibility index (Phi) is 4.94. The standard InChI is InChI=1S/C20H30O8S/c1-18-7-5-16(21)19(2,11-27-29(23,24)25)14(18)4-8-20(3)15(18)10-13(28-20)12-6-9-26-17(12)22/h6,13-16,21H,4-5,7-11H2,1-3H3,(H,23,24,25)/t13-,14+,15-,16-,18-,19+,20-/m1/s1. The lowest BCUT2D eigenvalue weighted by Crippen LogP contribution is -2.61. The van der Waals surface area contributed by atoms with Crippen molar-refractivity contribution < 1.29 is 36.5 Å². The van der Waals surface area contributed by atoms with Crippen molar-refractivity contribution in [3.63, 3.8) is 0 Å². The van der Waals surface area contributed by atoms with E-state index in [4.69, 9.17) is 18.2 Å². The molecule has 0 aromatic heterocycles. The number of cyclic esters (lactones) is 1. The molecule has 0 spiro atoms. The second-order valence-corrected chi connectivity index (χ2v) is 10.9. The first-order valence-corrected chi connectivity index (χ1v) is 11.6. The van der Waals surface area contributed by atoms with Gasteiger partial charge in [0.25, 0.3) is 0 Å². The molecular weight excluding hydrogens is 400 g/mol. The highest BCUT2D eigenvalue weighted by molar-refractivity contribution is 7.80. The molecule has 0 amide bonds. The van der Waals surface area contributed by atoms with Crippen LogP contribution in [-0.4, -0.2) is 55.1 Å². The minimum atomic E-state index is -4.59. The fourth-order valence-corrected chi connectivity index (χ4v) is 7.19. The van der Waals surface area contributed by atoms with Crippen LogP contribution in [0.4, 0.5) is 0 Å². The summed E-state index contributed by atoms with van der Waals surface area (Å²) in [5.41, 5.74) is -0.837. The third-order valence-corrected chi connectivity index (χ3v) is 8.67. The molecule has 0 aromatic rings. The first-order chi connectivity index (χ1) is 13.4. The van der Waals surface area contributed by atoms with Crippen molar-refractivity contribution >= 4 is 16.4 Å². The monoisotopic (exact) mass is 430 g/mol. The van der Waals surface area contributed by atoms with Gasteiger partial charge in [-0.1, -0.05) is 13.8 Å². The van der Waals surface area contributed by atoms with Crippen LogP contribution in [0.3, 0.4) is 0 Å². The van der Waals surface area contributed by atoms with Gasteiger partial charge in [-0.3, -0.25) is 4.55 Å². The number of aliphatic hydroxyl groups is 1. The van der Waals surface area contributed by atoms with Gasteiger partial charge in [-0.25, -0.2) is 8.98 Å². The summed E-state index contributed by atoms with van der Waals surface area (Å²) >= 11 is 0. The number of ether oxygens (including phenoxy) is 2. The lowest BCUT2D eigenvalue weighted by molar-refractivity contribution is -0.194. The fourth-order valence-electron chi connectivity index (χ4n) is 6.79. The molecule has 3 fully saturated rings. The van der Waals surface area contributed by atoms with Crippen LogP contribution in [0.5, 0.6) is 0 Å². The molecule has 2 aliphatic heterocycles. The summed E-state index contributed by atoms with van der Waals surface area (Å²) in [4.78, 5) is 12.1. The lowest BCUT2D eigenvalue weighted by Gasteiger charge is -2.61. The summed E-state index contributed by atoms with van der Waals surface area (Å²) in [6, 6.07) is 0. The van der Waals surface area contributed by atoms with E-state index in [0.29, 0.717) is 18.4 Å². The van der Waals surface area contributed by atoms with Crippen LogP contribution in [-0.2, 0) is 28.9 Å². The van der Waals surface area contributed by atoms with Crippen LogP contribution in [0.15, 0.2) is 11.6 Å². The van der Waals surface area contributed by atoms with E-state index in [9.17, 15) is 18.3 Å². The summed E-state index contributed by atoms with van der Waals surface area (Å²) in [6.07, 6.45) is 4.23. The van der Waals surface area contributed by atoms with Crippen LogP contribution in [0.2, 0.25) is 0 Å². The zero-order valence-corrected chi connectivity index (χ0v) is 17.9. The normalized spacial score (nSPS) is 47.3. The zero-order valence-electron chi connectivity index (χ0n) is 17.1. The fraction of sp³-hybridized carbons (Fsp3) is 0.850. The average molecular weight is 431 g/mol. The number of hydrogen-bond acceptors (Lipinski definition) is 7. The number of carbonyl (C=O) groups is 1. The van der Waals surface area contributed by atoms with E-state index in [2.05, 4.69) is 13.8 Å². The Morgan fingerprint density at radius 1 is 1.21 bits per heavy atom. The van der Waals surface area contributed by atoms with Crippen molar-refractivity contribution in [2.45, 2.75) is 70.7 Å². The Morgan fingerprint density at radius 3 is 2.55 bits per heavy atom. The largest absolute Gasteiger partial charge is 0.458 e. The van der Waals surface area contributed by atoms with Crippen LogP contribution < -0.4 is 0 Å². The molecule has 0 aromatic carbocycles. The molecule has 2 N–H and O–H groups in total. The maximum atomic E-state index is 12.1. The summed E-state index contributed by atoms with van der Waals surface area (Å²) in [5.74, 6) is -0.180. The van der Waals surface area contributed by atoms with Gasteiger partial charge in [0.05, 0.1) is 30.0 Å². The second kappa shape index (κ2) is 6.75. The maximum absolute atomic E-state index is 12.1. The second-order valence-electron chi connectivity index (χ2n) is 9.81. The summed E-state index contributed by atoms with van der Waals surface area (Å²) in [7, 11) is -4.59. The molecule has 8 nitrogen and oxygen atoms in total. The third kappa shape index (κ3) is 3.35. The lowest BCUT2D eigenvalue weighted by atomic mass is 9.44. The van der Waals surface area contributed by atoms with E-state index in [1.807, 2.05) is 6.92 Å². The smallest absolute Gasteiger partial charge is 0.397 e. The van der Waals surface area contributed by atoms with Crippen molar-refractivity contribution in [3.05, 3.63) is 11.6 Å². The first kappa shape index (κ1) is 21.2. The maximum Gasteiger partial charge on any atom is 0.397 e. The number of fused-ring (bicyclic) bond motifs is 3. The van der Waals surface area contributed by atoms with Gasteiger partial charge < -0.3 is 14.6 Å². The van der Waals surface area contributed by atoms with E-state index >= 15 is 0 Å². The van der Waals surface area contributed by atoms with Gasteiger partial charge in [-0.05, 0) is 62.4 Å². The summed E-state index contributed by atoms with van der Waals surface area (Å²) in [6.45, 7) is 6.14. The summed E-state index contributed by atoms with van der Waals surface area (Å²) in [5, 5.41) is 10.8. The van der Waals surface area contributed by atoms with Crippen molar-refractivity contribution in [2.24, 2.45) is 22.7 Å². The van der Waals surface area contributed by atoms with Gasteiger partial charge in [-0.2, -0.15) is 8.42 Å². The third-order valence-electron chi connectivity index (χ3n) is 8.25. The van der Waals surface area contributed by atoms with Crippen molar-refractivity contribution in [3.8, 4) is 0 Å². The molecule has 0 radical (unpaired) electrons. The number of aliphatic hydroxyl groups excluding tert-OH is 1. The molecule has 2 aliphatic carbocycles. The zero-order chi connectivity index (χ0) is 21.2. The van der Waals surface area contributed by atoms with Crippen molar-refractivity contribution in [2.75, 3.05) is 13.2 Å². The SMILES string of the molecule is C[C@]1(COS(=O)(=O)O)[C@H]2CC[C@@]3(C)O[C@@H](C4=CCOC4=O)C[C@@H]3[C@]2(C)CC[C@H]1O. The molecule has 0 bridgehead atoms. The first-order valence-electron chi connectivity index (χ1n) is 10.2. The van der Waals surface area contributed by atoms with Gasteiger partial charge in [0.2, 0.25) is 0 Å². The van der Waals surface area contributed by atoms with E-state index in [1.165, 1.54) is 0 Å². The topological polar surface area (TPSA) is 119 Å². The molecule has 4 aliphatic rings. The van der Waals surface area contributed by atoms with E-state index in [0.717, 1.165) is 19.3 Å². The molecule has 9 heteroatoms. The van der Waals surface area contributed by atoms with Gasteiger partial charge in [0, 0.05) is 5.41 Å². The number of carbonyl (C=O) groups excluding carboxylic acids is 1. The molecular formula is C20H30O8S. The van der Waals surface area contributed by atoms with Gasteiger partial charge in [-0.15, -0.1) is 0 Å². The Morgan fingerprint density at radius 2 is 1.93 bits per heavy atom. The minimum absolute atomic E-state index is 0.00886. The van der Waals surface area contributed by atoms with E-state index < -0.39 is 27.5 Å². The average Bonchev–Trinajstić information content (AvgIpc) is 3.20. The highest BCUT2D eigenvalue weighted by Crippen LogP contribution is 2.66. The molecule has 164 valence electrons. The Bertz CT molecular complexity index is 837. The quantitative estimate of drug-likeness (QED) is 0.514. The highest BCUT2D eigenvalue weighted by atomic mass is 32.3. The van der Waals surface area contributed by atoms with Crippen LogP contribution >= 0.6 is 0 Å². The van der Waals surface area contributed by atoms with E-state index in [1.54, 1.807) is 6.08 Å². The van der Waals surface area contributed by atoms with Crippen molar-refractivity contribution in [1.29, 1.82) is 0 Å². The van der Waals surface area contributed by atoms with Crippen LogP contribution in [0, 0.1) is 22.7 Å². The Balaban J connectivity index is 1.64. The van der Waals surface area contributed by atoms with E-state index in [-0.39, 0.29) is 42.5 Å². The Hall–Kier alpha value is -1.00. The molecule has 2 heterocycles. The van der Waals surface area contributed by atoms with Gasteiger partial charge >= 0.3 is 16.4 Å². The van der Waals surface area contributed by atoms with Gasteiger partial charge in [0.1, 0.15) is 6.61 Å². The predicted molar refractivity (Wildman–Crippen MR) is 102 cm³/mol.